The lowest BCUT2D eigenvalue weighted by molar-refractivity contribution is 0.0929. The molecule has 0 bridgehead atoms. The summed E-state index contributed by atoms with van der Waals surface area (Å²) in [4.78, 5) is 11.9. The van der Waals surface area contributed by atoms with Crippen LogP contribution in [0.1, 0.15) is 16.8 Å². The number of carbonyl (C=O) groups is 1. The van der Waals surface area contributed by atoms with Gasteiger partial charge < -0.3 is 14.2 Å². The third kappa shape index (κ3) is 3.35. The number of benzene rings is 1. The summed E-state index contributed by atoms with van der Waals surface area (Å²) in [7, 11) is 4.55. The second kappa shape index (κ2) is 6.47. The molecule has 5 heteroatoms. The minimum absolute atomic E-state index is 0.0757. The van der Waals surface area contributed by atoms with Crippen LogP contribution in [0.25, 0.3) is 0 Å². The molecule has 1 aromatic rings. The summed E-state index contributed by atoms with van der Waals surface area (Å²) in [5.41, 5.74) is 0.440. The van der Waals surface area contributed by atoms with Gasteiger partial charge in [0.05, 0.1) is 31.4 Å². The zero-order valence-corrected chi connectivity index (χ0v) is 10.8. The van der Waals surface area contributed by atoms with E-state index in [0.717, 1.165) is 0 Å². The highest BCUT2D eigenvalue weighted by atomic mass is 35.5. The molecule has 0 heterocycles. The average Bonchev–Trinajstić information content (AvgIpc) is 2.35. The number of ether oxygens (including phenoxy) is 3. The summed E-state index contributed by atoms with van der Waals surface area (Å²) < 4.78 is 15.1. The van der Waals surface area contributed by atoms with Crippen LogP contribution in [0.15, 0.2) is 12.1 Å². The maximum atomic E-state index is 11.9. The Hall–Kier alpha value is -1.26. The Labute approximate surface area is 105 Å². The van der Waals surface area contributed by atoms with Crippen molar-refractivity contribution in [1.29, 1.82) is 0 Å². The van der Waals surface area contributed by atoms with E-state index in [1.807, 2.05) is 0 Å². The largest absolute Gasteiger partial charge is 0.496 e. The number of ketones is 1. The predicted octanol–water partition coefficient (Wildman–Crippen LogP) is 2.58. The standard InChI is InChI=1S/C12H15ClO4/c1-15-5-4-10(14)8-6-9(13)12(17-3)7-11(8)16-2/h6-7H,4-5H2,1-3H3. The van der Waals surface area contributed by atoms with Gasteiger partial charge in [-0.1, -0.05) is 11.6 Å². The topological polar surface area (TPSA) is 44.8 Å². The lowest BCUT2D eigenvalue weighted by Gasteiger charge is -2.11. The molecule has 94 valence electrons. The van der Waals surface area contributed by atoms with Gasteiger partial charge in [0.2, 0.25) is 0 Å². The van der Waals surface area contributed by atoms with E-state index in [1.165, 1.54) is 14.2 Å². The van der Waals surface area contributed by atoms with Crippen LogP contribution < -0.4 is 9.47 Å². The summed E-state index contributed by atoms with van der Waals surface area (Å²) in [6.45, 7) is 0.367. The van der Waals surface area contributed by atoms with Gasteiger partial charge in [0.1, 0.15) is 11.5 Å². The van der Waals surface area contributed by atoms with Gasteiger partial charge in [-0.25, -0.2) is 0 Å². The summed E-state index contributed by atoms with van der Waals surface area (Å²) >= 11 is 5.97. The van der Waals surface area contributed by atoms with Crippen LogP contribution >= 0.6 is 11.6 Å². The molecule has 0 aliphatic rings. The third-order valence-electron chi connectivity index (χ3n) is 2.31. The Bertz CT molecular complexity index is 404. The Morgan fingerprint density at radius 2 is 1.82 bits per heavy atom. The highest BCUT2D eigenvalue weighted by Gasteiger charge is 2.15. The monoisotopic (exact) mass is 258 g/mol. The van der Waals surface area contributed by atoms with Crippen molar-refractivity contribution >= 4 is 17.4 Å². The van der Waals surface area contributed by atoms with Gasteiger partial charge in [0, 0.05) is 19.6 Å². The maximum Gasteiger partial charge on any atom is 0.168 e. The number of hydrogen-bond acceptors (Lipinski definition) is 4. The molecular weight excluding hydrogens is 244 g/mol. The maximum absolute atomic E-state index is 11.9. The molecule has 0 unspecified atom stereocenters. The minimum atomic E-state index is -0.0757. The van der Waals surface area contributed by atoms with Crippen LogP contribution in [0, 0.1) is 0 Å². The first kappa shape index (κ1) is 13.8. The van der Waals surface area contributed by atoms with E-state index in [0.29, 0.717) is 28.7 Å². The SMILES string of the molecule is COCCC(=O)c1cc(Cl)c(OC)cc1OC. The van der Waals surface area contributed by atoms with Crippen molar-refractivity contribution in [3.05, 3.63) is 22.7 Å². The van der Waals surface area contributed by atoms with Gasteiger partial charge >= 0.3 is 0 Å². The third-order valence-corrected chi connectivity index (χ3v) is 2.60. The van der Waals surface area contributed by atoms with Crippen molar-refractivity contribution < 1.29 is 19.0 Å². The van der Waals surface area contributed by atoms with Crippen molar-refractivity contribution in [3.8, 4) is 11.5 Å². The van der Waals surface area contributed by atoms with Gasteiger partial charge in [0.15, 0.2) is 5.78 Å². The molecule has 0 aromatic heterocycles. The number of rotatable bonds is 6. The first-order valence-electron chi connectivity index (χ1n) is 5.07. The second-order valence-electron chi connectivity index (χ2n) is 3.35. The van der Waals surface area contributed by atoms with E-state index in [2.05, 4.69) is 0 Å². The van der Waals surface area contributed by atoms with Gasteiger partial charge in [-0.3, -0.25) is 4.79 Å². The Morgan fingerprint density at radius 3 is 2.35 bits per heavy atom. The van der Waals surface area contributed by atoms with Crippen molar-refractivity contribution in [3.63, 3.8) is 0 Å². The number of hydrogen-bond donors (Lipinski definition) is 0. The first-order valence-corrected chi connectivity index (χ1v) is 5.45. The molecule has 0 saturated heterocycles. The van der Waals surface area contributed by atoms with Crippen molar-refractivity contribution in [2.75, 3.05) is 27.9 Å². The fourth-order valence-corrected chi connectivity index (χ4v) is 1.65. The molecule has 0 aliphatic carbocycles. The van der Waals surface area contributed by atoms with Gasteiger partial charge in [-0.15, -0.1) is 0 Å². The summed E-state index contributed by atoms with van der Waals surface area (Å²) in [5, 5.41) is 0.383. The second-order valence-corrected chi connectivity index (χ2v) is 3.76. The quantitative estimate of drug-likeness (QED) is 0.736. The molecule has 0 N–H and O–H groups in total. The zero-order valence-electron chi connectivity index (χ0n) is 10.1. The molecule has 1 rings (SSSR count). The Balaban J connectivity index is 3.05. The molecule has 0 atom stereocenters. The van der Waals surface area contributed by atoms with Gasteiger partial charge in [-0.05, 0) is 6.07 Å². The van der Waals surface area contributed by atoms with E-state index in [-0.39, 0.29) is 12.2 Å². The summed E-state index contributed by atoms with van der Waals surface area (Å²) in [6.07, 6.45) is 0.287. The smallest absolute Gasteiger partial charge is 0.168 e. The van der Waals surface area contributed by atoms with Gasteiger partial charge in [-0.2, -0.15) is 0 Å². The molecular formula is C12H15ClO4. The van der Waals surface area contributed by atoms with Crippen LogP contribution in [0.5, 0.6) is 11.5 Å². The van der Waals surface area contributed by atoms with Crippen LogP contribution in [0.2, 0.25) is 5.02 Å². The van der Waals surface area contributed by atoms with E-state index in [4.69, 9.17) is 25.8 Å². The molecule has 0 amide bonds. The van der Waals surface area contributed by atoms with E-state index in [9.17, 15) is 4.79 Å². The first-order chi connectivity index (χ1) is 8.13. The van der Waals surface area contributed by atoms with Crippen molar-refractivity contribution in [2.24, 2.45) is 0 Å². The van der Waals surface area contributed by atoms with Crippen LogP contribution in [0.3, 0.4) is 0 Å². The molecule has 0 aliphatic heterocycles. The molecule has 0 spiro atoms. The normalized spacial score (nSPS) is 10.1. The predicted molar refractivity (Wildman–Crippen MR) is 65.4 cm³/mol. The number of Topliss-reactive ketones (excluding diaryl/α,β-unsaturated/α-hetero) is 1. The Kier molecular flexibility index (Phi) is 5.25. The lowest BCUT2D eigenvalue weighted by Crippen LogP contribution is -2.06. The lowest BCUT2D eigenvalue weighted by atomic mass is 10.1. The van der Waals surface area contributed by atoms with Gasteiger partial charge in [0.25, 0.3) is 0 Å². The molecule has 0 fully saturated rings. The fraction of sp³-hybridized carbons (Fsp3) is 0.417. The molecule has 0 saturated carbocycles. The van der Waals surface area contributed by atoms with E-state index < -0.39 is 0 Å². The van der Waals surface area contributed by atoms with Crippen molar-refractivity contribution in [1.82, 2.24) is 0 Å². The number of halogens is 1. The van der Waals surface area contributed by atoms with Crippen LogP contribution in [-0.2, 0) is 4.74 Å². The molecule has 4 nitrogen and oxygen atoms in total. The molecule has 0 radical (unpaired) electrons. The molecule has 1 aromatic carbocycles. The highest BCUT2D eigenvalue weighted by Crippen LogP contribution is 2.33. The van der Waals surface area contributed by atoms with E-state index >= 15 is 0 Å². The summed E-state index contributed by atoms with van der Waals surface area (Å²) in [6, 6.07) is 3.15. The fourth-order valence-electron chi connectivity index (χ4n) is 1.41. The van der Waals surface area contributed by atoms with Crippen LogP contribution in [-0.4, -0.2) is 33.7 Å². The molecule has 17 heavy (non-hydrogen) atoms. The number of carbonyl (C=O) groups excluding carboxylic acids is 1. The zero-order chi connectivity index (χ0) is 12.8. The summed E-state index contributed by atoms with van der Waals surface area (Å²) in [5.74, 6) is 0.854. The average molecular weight is 259 g/mol. The van der Waals surface area contributed by atoms with Crippen LogP contribution in [0.4, 0.5) is 0 Å². The van der Waals surface area contributed by atoms with E-state index in [1.54, 1.807) is 19.2 Å². The highest BCUT2D eigenvalue weighted by molar-refractivity contribution is 6.32. The number of methoxy groups -OCH3 is 3. The minimum Gasteiger partial charge on any atom is -0.496 e. The van der Waals surface area contributed by atoms with Crippen molar-refractivity contribution in [2.45, 2.75) is 6.42 Å². The Morgan fingerprint density at radius 1 is 1.18 bits per heavy atom.